The number of fused-ring (bicyclic) bond motifs is 3. The van der Waals surface area contributed by atoms with E-state index in [9.17, 15) is 14.9 Å². The summed E-state index contributed by atoms with van der Waals surface area (Å²) in [4.78, 5) is 29.4. The Bertz CT molecular complexity index is 1080. The number of nitro groups is 1. The van der Waals surface area contributed by atoms with Crippen LogP contribution in [0.1, 0.15) is 32.7 Å². The van der Waals surface area contributed by atoms with Gasteiger partial charge in [-0.15, -0.1) is 11.3 Å². The van der Waals surface area contributed by atoms with E-state index in [0.29, 0.717) is 22.7 Å². The Labute approximate surface area is 158 Å². The van der Waals surface area contributed by atoms with Crippen LogP contribution in [-0.4, -0.2) is 22.9 Å². The topological polar surface area (TPSA) is 106 Å². The summed E-state index contributed by atoms with van der Waals surface area (Å²) in [7, 11) is 1.61. The first-order valence-corrected chi connectivity index (χ1v) is 9.04. The van der Waals surface area contributed by atoms with Crippen LogP contribution in [-0.2, 0) is 11.3 Å². The van der Waals surface area contributed by atoms with Crippen molar-refractivity contribution in [2.24, 2.45) is 0 Å². The minimum Gasteiger partial charge on any atom is -0.380 e. The molecule has 1 unspecified atom stereocenters. The third kappa shape index (κ3) is 2.90. The number of nitrogens with one attached hydrogen (secondary N) is 2. The average Bonchev–Trinajstić information content (AvgIpc) is 3.00. The number of amides is 1. The molecule has 138 valence electrons. The lowest BCUT2D eigenvalue weighted by atomic mass is 10.1. The number of rotatable bonds is 4. The maximum Gasteiger partial charge on any atom is 0.276 e. The van der Waals surface area contributed by atoms with Crippen molar-refractivity contribution in [3.8, 4) is 0 Å². The highest BCUT2D eigenvalue weighted by Gasteiger charge is 2.33. The highest BCUT2D eigenvalue weighted by molar-refractivity contribution is 7.21. The van der Waals surface area contributed by atoms with Crippen molar-refractivity contribution in [3.63, 3.8) is 0 Å². The minimum atomic E-state index is -0.707. The predicted octanol–water partition coefficient (Wildman–Crippen LogP) is 3.51. The maximum atomic E-state index is 12.7. The Kier molecular flexibility index (Phi) is 4.25. The molecular weight excluding hydrogens is 368 g/mol. The maximum absolute atomic E-state index is 12.7. The van der Waals surface area contributed by atoms with Crippen LogP contribution in [0.15, 0.2) is 30.3 Å². The van der Waals surface area contributed by atoms with Crippen LogP contribution in [0.2, 0.25) is 0 Å². The van der Waals surface area contributed by atoms with E-state index in [4.69, 9.17) is 4.74 Å². The highest BCUT2D eigenvalue weighted by atomic mass is 32.1. The molecule has 3 heterocycles. The van der Waals surface area contributed by atoms with Crippen LogP contribution < -0.4 is 10.6 Å². The van der Waals surface area contributed by atoms with Crippen molar-refractivity contribution in [3.05, 3.63) is 62.1 Å². The molecule has 0 saturated heterocycles. The fourth-order valence-electron chi connectivity index (χ4n) is 3.31. The van der Waals surface area contributed by atoms with Gasteiger partial charge in [0.1, 0.15) is 15.9 Å². The second kappa shape index (κ2) is 6.60. The SMILES string of the molecule is COCc1cc(C)nc2sc3c(c12)NC(c1ccccc1[N+](=O)[O-])NC3=O. The van der Waals surface area contributed by atoms with E-state index in [1.54, 1.807) is 25.3 Å². The molecule has 1 aromatic carbocycles. The summed E-state index contributed by atoms with van der Waals surface area (Å²) < 4.78 is 5.30. The first-order chi connectivity index (χ1) is 13.0. The lowest BCUT2D eigenvalue weighted by Gasteiger charge is -2.26. The van der Waals surface area contributed by atoms with Crippen LogP contribution in [0.3, 0.4) is 0 Å². The smallest absolute Gasteiger partial charge is 0.276 e. The molecule has 0 fully saturated rings. The van der Waals surface area contributed by atoms with Gasteiger partial charge in [0.15, 0.2) is 0 Å². The fraction of sp³-hybridized carbons (Fsp3) is 0.222. The lowest BCUT2D eigenvalue weighted by Crippen LogP contribution is -2.38. The molecule has 3 aromatic rings. The molecular formula is C18H16N4O4S. The Morgan fingerprint density at radius 2 is 2.11 bits per heavy atom. The molecule has 9 heteroatoms. The van der Waals surface area contributed by atoms with Gasteiger partial charge in [0.05, 0.1) is 22.8 Å². The summed E-state index contributed by atoms with van der Waals surface area (Å²) in [6.45, 7) is 2.27. The molecule has 0 radical (unpaired) electrons. The van der Waals surface area contributed by atoms with E-state index >= 15 is 0 Å². The molecule has 2 aromatic heterocycles. The Morgan fingerprint density at radius 3 is 2.85 bits per heavy atom. The van der Waals surface area contributed by atoms with E-state index in [1.807, 2.05) is 13.0 Å². The molecule has 4 rings (SSSR count). The van der Waals surface area contributed by atoms with Crippen LogP contribution in [0, 0.1) is 17.0 Å². The number of carbonyl (C=O) groups is 1. The van der Waals surface area contributed by atoms with E-state index in [0.717, 1.165) is 21.5 Å². The monoisotopic (exact) mass is 384 g/mol. The van der Waals surface area contributed by atoms with Crippen molar-refractivity contribution in [1.82, 2.24) is 10.3 Å². The molecule has 1 amide bonds. The second-order valence-corrected chi connectivity index (χ2v) is 7.21. The van der Waals surface area contributed by atoms with Gasteiger partial charge in [-0.2, -0.15) is 0 Å². The molecule has 2 N–H and O–H groups in total. The number of ether oxygens (including phenoxy) is 1. The highest BCUT2D eigenvalue weighted by Crippen LogP contribution is 2.42. The van der Waals surface area contributed by atoms with Gasteiger partial charge in [0.25, 0.3) is 11.6 Å². The number of para-hydroxylation sites is 1. The van der Waals surface area contributed by atoms with Crippen molar-refractivity contribution in [2.75, 3.05) is 12.4 Å². The van der Waals surface area contributed by atoms with E-state index in [-0.39, 0.29) is 11.6 Å². The standard InChI is InChI=1S/C18H16N4O4S/c1-9-7-10(8-26-2)13-14-15(27-18(13)19-9)17(23)21-16(20-14)11-5-3-4-6-12(11)22(24)25/h3-7,16,20H,8H2,1-2H3,(H,21,23). The van der Waals surface area contributed by atoms with Gasteiger partial charge in [-0.3, -0.25) is 14.9 Å². The van der Waals surface area contributed by atoms with Gasteiger partial charge < -0.3 is 15.4 Å². The molecule has 1 aliphatic heterocycles. The Hall–Kier alpha value is -3.04. The van der Waals surface area contributed by atoms with Crippen molar-refractivity contribution in [2.45, 2.75) is 19.7 Å². The molecule has 27 heavy (non-hydrogen) atoms. The number of nitro benzene ring substituents is 1. The zero-order valence-electron chi connectivity index (χ0n) is 14.6. The number of aromatic nitrogens is 1. The first-order valence-electron chi connectivity index (χ1n) is 8.22. The normalized spacial score (nSPS) is 15.9. The van der Waals surface area contributed by atoms with Gasteiger partial charge in [0.2, 0.25) is 0 Å². The fourth-order valence-corrected chi connectivity index (χ4v) is 4.44. The predicted molar refractivity (Wildman–Crippen MR) is 102 cm³/mol. The Balaban J connectivity index is 1.87. The number of thiophene rings is 1. The van der Waals surface area contributed by atoms with Crippen LogP contribution >= 0.6 is 11.3 Å². The number of nitrogens with zero attached hydrogens (tertiary/aromatic N) is 2. The molecule has 1 atom stereocenters. The van der Waals surface area contributed by atoms with Gasteiger partial charge in [-0.25, -0.2) is 4.98 Å². The number of anilines is 1. The molecule has 1 aliphatic rings. The number of hydrogen-bond donors (Lipinski definition) is 2. The summed E-state index contributed by atoms with van der Waals surface area (Å²) in [5.74, 6) is -0.282. The van der Waals surface area contributed by atoms with Gasteiger partial charge in [0, 0.05) is 24.3 Å². The molecule has 0 aliphatic carbocycles. The van der Waals surface area contributed by atoms with E-state index < -0.39 is 11.1 Å². The molecule has 0 saturated carbocycles. The molecule has 0 spiro atoms. The summed E-state index contributed by atoms with van der Waals surface area (Å²) in [6, 6.07) is 8.28. The van der Waals surface area contributed by atoms with Crippen molar-refractivity contribution in [1.29, 1.82) is 0 Å². The van der Waals surface area contributed by atoms with Crippen LogP contribution in [0.4, 0.5) is 11.4 Å². The number of methoxy groups -OCH3 is 1. The van der Waals surface area contributed by atoms with Gasteiger partial charge >= 0.3 is 0 Å². The Morgan fingerprint density at radius 1 is 1.33 bits per heavy atom. The first kappa shape index (κ1) is 17.4. The average molecular weight is 384 g/mol. The zero-order valence-corrected chi connectivity index (χ0v) is 15.4. The number of pyridine rings is 1. The van der Waals surface area contributed by atoms with Crippen molar-refractivity contribution < 1.29 is 14.5 Å². The largest absolute Gasteiger partial charge is 0.380 e. The molecule has 8 nitrogen and oxygen atoms in total. The van der Waals surface area contributed by atoms with Crippen LogP contribution in [0.5, 0.6) is 0 Å². The minimum absolute atomic E-state index is 0.0515. The summed E-state index contributed by atoms with van der Waals surface area (Å²) in [5, 5.41) is 18.3. The number of hydrogen-bond acceptors (Lipinski definition) is 7. The third-order valence-corrected chi connectivity index (χ3v) is 5.47. The lowest BCUT2D eigenvalue weighted by molar-refractivity contribution is -0.385. The summed E-state index contributed by atoms with van der Waals surface area (Å²) >= 11 is 1.29. The number of aryl methyl sites for hydroxylation is 1. The van der Waals surface area contributed by atoms with Crippen molar-refractivity contribution >= 4 is 38.8 Å². The third-order valence-electron chi connectivity index (χ3n) is 4.39. The quantitative estimate of drug-likeness (QED) is 0.527. The van der Waals surface area contributed by atoms with Gasteiger partial charge in [-0.1, -0.05) is 12.1 Å². The zero-order chi connectivity index (χ0) is 19.1. The second-order valence-electron chi connectivity index (χ2n) is 6.21. The number of benzene rings is 1. The van der Waals surface area contributed by atoms with Crippen LogP contribution in [0.25, 0.3) is 10.2 Å². The summed E-state index contributed by atoms with van der Waals surface area (Å²) in [6.07, 6.45) is -0.707. The van der Waals surface area contributed by atoms with Gasteiger partial charge in [-0.05, 0) is 24.6 Å². The van der Waals surface area contributed by atoms with E-state index in [1.165, 1.54) is 17.4 Å². The van der Waals surface area contributed by atoms with E-state index in [2.05, 4.69) is 15.6 Å². The number of carbonyl (C=O) groups excluding carboxylic acids is 1. The molecule has 0 bridgehead atoms. The summed E-state index contributed by atoms with van der Waals surface area (Å²) in [5.41, 5.74) is 2.74.